The van der Waals surface area contributed by atoms with Gasteiger partial charge in [-0.3, -0.25) is 9.97 Å². The second-order valence-corrected chi connectivity index (χ2v) is 15.1. The molecule has 0 spiro atoms. The Balaban J connectivity index is 0.000000352. The summed E-state index contributed by atoms with van der Waals surface area (Å²) in [7, 11) is 0. The van der Waals surface area contributed by atoms with E-state index in [0.717, 1.165) is 25.2 Å². The van der Waals surface area contributed by atoms with Crippen molar-refractivity contribution in [1.29, 1.82) is 0 Å². The van der Waals surface area contributed by atoms with E-state index in [-0.39, 0.29) is 28.4 Å². The molecule has 0 saturated heterocycles. The maximum Gasteiger partial charge on any atom is 0.374 e. The van der Waals surface area contributed by atoms with E-state index in [9.17, 15) is 24.0 Å². The fourth-order valence-corrected chi connectivity index (χ4v) is 6.14. The molecule has 10 rings (SSSR count). The highest BCUT2D eigenvalue weighted by atomic mass is 16.2. The smallest absolute Gasteiger partial charge is 0.265 e. The van der Waals surface area contributed by atoms with E-state index in [1.165, 1.54) is 39.0 Å². The third-order valence-corrected chi connectivity index (χ3v) is 9.60. The molecule has 28 nitrogen and oxygen atoms in total. The summed E-state index contributed by atoms with van der Waals surface area (Å²) in [6.07, 6.45) is 24.4. The normalized spacial score (nSPS) is 10.3. The second kappa shape index (κ2) is 41.0. The molecule has 10 aromatic rings. The molecule has 8 heterocycles. The summed E-state index contributed by atoms with van der Waals surface area (Å²) >= 11 is 0. The molecule has 0 aliphatic carbocycles. The first-order chi connectivity index (χ1) is 41.6. The van der Waals surface area contributed by atoms with Crippen LogP contribution >= 0.6 is 0 Å². The average molecular weight is 1160 g/mol. The Bertz CT molecular complexity index is 3490. The van der Waals surface area contributed by atoms with Gasteiger partial charge in [-0.15, -0.1) is 4.68 Å². The number of pyridine rings is 3. The summed E-state index contributed by atoms with van der Waals surface area (Å²) in [5.74, 6) is 0.457. The summed E-state index contributed by atoms with van der Waals surface area (Å²) < 4.78 is 12.1. The van der Waals surface area contributed by atoms with Crippen molar-refractivity contribution in [3.05, 3.63) is 228 Å². The lowest BCUT2D eigenvalue weighted by molar-refractivity contribution is 0.632. The van der Waals surface area contributed by atoms with Crippen molar-refractivity contribution in [3.63, 3.8) is 0 Å². The molecule has 2 aromatic carbocycles. The number of benzene rings is 2. The van der Waals surface area contributed by atoms with Crippen LogP contribution in [0.15, 0.2) is 188 Å². The topological polar surface area (TPSA) is 302 Å². The van der Waals surface area contributed by atoms with E-state index in [1.807, 2.05) is 130 Å². The van der Waals surface area contributed by atoms with Gasteiger partial charge in [-0.05, 0) is 134 Å². The number of allylic oxidation sites excluding steroid dienone is 5. The minimum absolute atomic E-state index is 0.234. The molecule has 448 valence electrons. The Labute approximate surface area is 491 Å². The zero-order chi connectivity index (χ0) is 62.8. The zero-order valence-corrected chi connectivity index (χ0v) is 50.2. The molecule has 0 amide bonds. The minimum atomic E-state index is -0.341. The Morgan fingerprint density at radius 3 is 1.07 bits per heavy atom. The maximum atomic E-state index is 11.7. The number of rotatable bonds is 12. The highest BCUT2D eigenvalue weighted by Crippen LogP contribution is 2.02. The third-order valence-electron chi connectivity index (χ3n) is 9.60. The molecular weight excluding hydrogens is 1090 g/mol. The zero-order valence-electron chi connectivity index (χ0n) is 50.2. The van der Waals surface area contributed by atoms with E-state index in [2.05, 4.69) is 67.1 Å². The molecule has 85 heavy (non-hydrogen) atoms. The molecule has 0 bridgehead atoms. The molecule has 0 unspecified atom stereocenters. The summed E-state index contributed by atoms with van der Waals surface area (Å²) in [4.78, 5) is 70.2. The first-order valence-corrected chi connectivity index (χ1v) is 27.2. The van der Waals surface area contributed by atoms with E-state index >= 15 is 0 Å². The molecule has 28 heteroatoms. The summed E-state index contributed by atoms with van der Waals surface area (Å²) in [5.41, 5.74) is 1.86. The Hall–Kier alpha value is -11.1. The van der Waals surface area contributed by atoms with Crippen molar-refractivity contribution in [2.45, 2.75) is 103 Å². The number of aromatic nitrogens is 23. The Kier molecular flexibility index (Phi) is 33.8. The summed E-state index contributed by atoms with van der Waals surface area (Å²) in [6.45, 7) is 25.9. The Morgan fingerprint density at radius 1 is 0.329 bits per heavy atom. The van der Waals surface area contributed by atoms with Crippen LogP contribution in [0.2, 0.25) is 0 Å². The van der Waals surface area contributed by atoms with Crippen LogP contribution in [-0.2, 0) is 13.1 Å². The molecule has 8 aromatic heterocycles. The van der Waals surface area contributed by atoms with Crippen LogP contribution in [0, 0.1) is 0 Å². The van der Waals surface area contributed by atoms with Gasteiger partial charge < -0.3 is 0 Å². The van der Waals surface area contributed by atoms with Crippen molar-refractivity contribution < 1.29 is 0 Å². The van der Waals surface area contributed by atoms with Gasteiger partial charge in [0.2, 0.25) is 0 Å². The average Bonchev–Trinajstić information content (AvgIpc) is 4.10. The van der Waals surface area contributed by atoms with Crippen LogP contribution in [0.3, 0.4) is 0 Å². The largest absolute Gasteiger partial charge is 0.374 e. The van der Waals surface area contributed by atoms with Crippen molar-refractivity contribution in [2.24, 2.45) is 0 Å². The van der Waals surface area contributed by atoms with Gasteiger partial charge in [-0.1, -0.05) is 153 Å². The van der Waals surface area contributed by atoms with Crippen molar-refractivity contribution >= 4 is 31.0 Å². The van der Waals surface area contributed by atoms with Gasteiger partial charge in [-0.2, -0.15) is 42.1 Å². The number of hydrogen-bond acceptors (Lipinski definition) is 18. The molecule has 0 radical (unpaired) electrons. The molecule has 0 atom stereocenters. The number of tetrazole rings is 5. The van der Waals surface area contributed by atoms with Gasteiger partial charge in [0.15, 0.2) is 5.82 Å². The van der Waals surface area contributed by atoms with Crippen LogP contribution in [0.25, 0.3) is 48.2 Å². The first kappa shape index (κ1) is 70.0. The van der Waals surface area contributed by atoms with E-state index in [4.69, 9.17) is 0 Å². The fraction of sp³-hybridized carbons (Fsp3) is 0.263. The number of nitrogens with zero attached hydrogens (tertiary/aromatic N) is 23. The molecule has 0 N–H and O–H groups in total. The van der Waals surface area contributed by atoms with Crippen molar-refractivity contribution in [1.82, 2.24) is 114 Å². The highest BCUT2D eigenvalue weighted by molar-refractivity contribution is 5.28. The van der Waals surface area contributed by atoms with Gasteiger partial charge in [0.05, 0.1) is 30.7 Å². The minimum Gasteiger partial charge on any atom is -0.265 e. The van der Waals surface area contributed by atoms with Gasteiger partial charge in [0.25, 0.3) is 0 Å². The highest BCUT2D eigenvalue weighted by Gasteiger charge is 2.09. The van der Waals surface area contributed by atoms with E-state index in [0.29, 0.717) is 30.3 Å². The van der Waals surface area contributed by atoms with Crippen LogP contribution in [0.1, 0.15) is 101 Å². The van der Waals surface area contributed by atoms with Gasteiger partial charge in [0, 0.05) is 55.8 Å². The van der Waals surface area contributed by atoms with Crippen LogP contribution in [0.5, 0.6) is 0 Å². The predicted octanol–water partition coefficient (Wildman–Crippen LogP) is 7.01. The summed E-state index contributed by atoms with van der Waals surface area (Å²) in [6, 6.07) is 31.5. The predicted molar refractivity (Wildman–Crippen MR) is 330 cm³/mol. The maximum absolute atomic E-state index is 11.7. The van der Waals surface area contributed by atoms with E-state index < -0.39 is 0 Å². The molecule has 0 aliphatic rings. The molecule has 0 fully saturated rings. The first-order valence-electron chi connectivity index (χ1n) is 27.2. The lowest BCUT2D eigenvalue weighted by Crippen LogP contribution is -2.23. The van der Waals surface area contributed by atoms with Crippen LogP contribution in [-0.4, -0.2) is 114 Å². The summed E-state index contributed by atoms with van der Waals surface area (Å²) in [5, 5.41) is 37.3. The lowest BCUT2D eigenvalue weighted by atomic mass is 10.2. The molecule has 0 saturated carbocycles. The quantitative estimate of drug-likeness (QED) is 0.119. The van der Waals surface area contributed by atoms with Gasteiger partial charge in [-0.25, -0.2) is 29.0 Å². The van der Waals surface area contributed by atoms with Gasteiger partial charge >= 0.3 is 28.4 Å². The molecule has 0 aliphatic heterocycles. The standard InChI is InChI=1S/2C11H12N4O.3C9H9N5O.4C2H6/c2*1-2-8-14-11(16)15(13-12-14)9-10-6-4-3-5-7-10;1-2-7-13-9(15)14(12-11-13)8-3-5-10-6-4-8;1-2-7-13-9(15)14(12-11-13)8-5-3-4-6-10-8;1-2-6-13-9(15)14(12-11-13)8-4-3-5-10-7-8;4*1-2/h2*2-8H,9H2,1H3;3*2-7H,1H3;4*1-2H3/b2*8-2+;2*7-2+;6-2+;;;;. The Morgan fingerprint density at radius 2 is 0.694 bits per heavy atom. The SMILES string of the molecule is C/C=C/n1nnn(-c2ccccn2)c1=O.C/C=C/n1nnn(-c2cccnc2)c1=O.C/C=C/n1nnn(-c2ccncc2)c1=O.C/C=C/n1nnn(Cc2ccccc2)c1=O.C/C=C/n1nnn(Cc2ccccc2)c1=O.CC.CC.CC.CC. The second-order valence-electron chi connectivity index (χ2n) is 15.1. The lowest BCUT2D eigenvalue weighted by Gasteiger charge is -1.97. The fourth-order valence-electron chi connectivity index (χ4n) is 6.14. The van der Waals surface area contributed by atoms with Crippen molar-refractivity contribution in [2.75, 3.05) is 0 Å². The molecular formula is C57H75N23O5. The van der Waals surface area contributed by atoms with Crippen LogP contribution in [0.4, 0.5) is 0 Å². The number of hydrogen-bond donors (Lipinski definition) is 0. The van der Waals surface area contributed by atoms with E-state index in [1.54, 1.807) is 149 Å². The third kappa shape index (κ3) is 22.1. The van der Waals surface area contributed by atoms with Crippen LogP contribution < -0.4 is 28.4 Å². The monoisotopic (exact) mass is 1160 g/mol. The van der Waals surface area contributed by atoms with Crippen molar-refractivity contribution in [3.8, 4) is 17.2 Å². The van der Waals surface area contributed by atoms with Gasteiger partial charge in [0.1, 0.15) is 0 Å².